The van der Waals surface area contributed by atoms with E-state index in [0.717, 1.165) is 90.6 Å². The van der Waals surface area contributed by atoms with Crippen LogP contribution in [0.3, 0.4) is 0 Å². The van der Waals surface area contributed by atoms with Gasteiger partial charge in [-0.1, -0.05) is 108 Å². The van der Waals surface area contributed by atoms with E-state index in [1.165, 1.54) is 5.56 Å². The number of carbonyl (C=O) groups is 2. The van der Waals surface area contributed by atoms with E-state index in [1.807, 2.05) is 47.7 Å². The normalized spacial score (nSPS) is 37.1. The van der Waals surface area contributed by atoms with Crippen molar-refractivity contribution < 1.29 is 82.4 Å². The Kier molecular flexibility index (Phi) is 22.0. The van der Waals surface area contributed by atoms with E-state index in [4.69, 9.17) is 37.4 Å². The molecular weight excluding hydrogens is 948 g/mol. The quantitative estimate of drug-likeness (QED) is 0.110. The number of rotatable bonds is 0. The first-order valence-corrected chi connectivity index (χ1v) is 26.0. The zero-order valence-electron chi connectivity index (χ0n) is 48.9. The van der Waals surface area contributed by atoms with E-state index < -0.39 is 10.8 Å². The van der Waals surface area contributed by atoms with Crippen LogP contribution in [0.4, 0.5) is 0 Å². The molecule has 4 fully saturated rings. The van der Waals surface area contributed by atoms with Gasteiger partial charge in [0.05, 0.1) is 50.3 Å². The van der Waals surface area contributed by atoms with Gasteiger partial charge in [-0.25, -0.2) is 14.5 Å². The number of aromatic nitrogens is 1. The van der Waals surface area contributed by atoms with Crippen molar-refractivity contribution in [3.63, 3.8) is 0 Å². The van der Waals surface area contributed by atoms with E-state index in [9.17, 15) is 35.1 Å². The fourth-order valence-corrected chi connectivity index (χ4v) is 15.9. The Hall–Kier alpha value is -3.20. The standard InChI is InChI=1S/2C14H21NO2.2C14H19NO2.CH4O.CH3O.CH4.Na.H2/c1-13(2)11-5-4-10(16)7-14(11,3)6-9-8-15-17-12(9)13;3*1-13(2)11-6-5-9(16)7-14(11,3)8-10(15-4)12(13)17;2*1-2;;;/h8,10-11,16H,4-7H2,1-3H3;9,11,16-17H,5-8H2,1-3H3;2*8-9,11,16H,5-7H2,1-3H3;2H,1H3;1H3;1H4;;1H/q;;;;;-1;;+1;/t10?,11-,14+;9?,11-,14-;9-,11+,14+;9-,11-,14-;;;;;/m0010...../s1/i;;;;;;;;1+1D. The maximum absolute atomic E-state index is 12.2. The van der Waals surface area contributed by atoms with Crippen LogP contribution in [-0.4, -0.2) is 86.0 Å². The second-order valence-electron chi connectivity index (χ2n) is 25.5. The second kappa shape index (κ2) is 25.1. The van der Waals surface area contributed by atoms with Crippen LogP contribution in [0, 0.1) is 81.3 Å². The Morgan fingerprint density at radius 2 is 0.932 bits per heavy atom. The fourth-order valence-electron chi connectivity index (χ4n) is 15.9. The van der Waals surface area contributed by atoms with E-state index in [1.54, 1.807) is 12.2 Å². The molecule has 74 heavy (non-hydrogen) atoms. The Bertz CT molecular complexity index is 2300. The number of aliphatic hydroxyl groups excluding tert-OH is 6. The summed E-state index contributed by atoms with van der Waals surface area (Å²) in [4.78, 5) is 34.6. The zero-order chi connectivity index (χ0) is 56.8. The molecule has 0 radical (unpaired) electrons. The van der Waals surface area contributed by atoms with Crippen molar-refractivity contribution in [2.45, 2.75) is 210 Å². The van der Waals surface area contributed by atoms with Crippen molar-refractivity contribution in [2.75, 3.05) is 14.2 Å². The molecule has 2 unspecified atom stereocenters. The predicted molar refractivity (Wildman–Crippen MR) is 284 cm³/mol. The van der Waals surface area contributed by atoms with Crippen LogP contribution < -0.4 is 34.7 Å². The molecular formula is C59H93N4NaO10. The third kappa shape index (κ3) is 12.9. The minimum atomic E-state index is -0.483. The van der Waals surface area contributed by atoms with E-state index in [0.29, 0.717) is 36.8 Å². The number of aliphatic hydroxyl groups is 6. The molecule has 12 atom stereocenters. The molecule has 4 saturated carbocycles. The summed E-state index contributed by atoms with van der Waals surface area (Å²) < 4.78 is 15.5. The molecule has 9 rings (SSSR count). The number of hydrogen-bond donors (Lipinski definition) is 6. The molecule has 0 amide bonds. The van der Waals surface area contributed by atoms with Crippen LogP contribution in [0.15, 0.2) is 45.7 Å². The first-order chi connectivity index (χ1) is 34.4. The van der Waals surface area contributed by atoms with Crippen molar-refractivity contribution >= 4 is 11.6 Å². The van der Waals surface area contributed by atoms with Crippen molar-refractivity contribution in [1.29, 1.82) is 0 Å². The number of hydrogen-bond acceptors (Lipinski definition) is 11. The van der Waals surface area contributed by atoms with Crippen LogP contribution >= 0.6 is 0 Å². The monoisotopic (exact) mass is 1040 g/mol. The molecule has 14 nitrogen and oxygen atoms in total. The molecule has 6 N–H and O–H groups in total. The van der Waals surface area contributed by atoms with E-state index in [2.05, 4.69) is 61.2 Å². The zero-order valence-corrected chi connectivity index (χ0v) is 48.9. The molecule has 15 heteroatoms. The Balaban J connectivity index is 0.000000486. The summed E-state index contributed by atoms with van der Waals surface area (Å²) >= 11 is 0. The molecule has 1 aromatic rings. The van der Waals surface area contributed by atoms with Gasteiger partial charge in [0, 0.05) is 37.3 Å². The first kappa shape index (κ1) is 65.1. The summed E-state index contributed by atoms with van der Waals surface area (Å²) in [6, 6.07) is 0. The molecule has 1 heterocycles. The number of fused-ring (bicyclic) bond motifs is 5. The average molecular weight is 1040 g/mol. The third-order valence-electron chi connectivity index (χ3n) is 18.9. The summed E-state index contributed by atoms with van der Waals surface area (Å²) in [7, 11) is 1.75. The van der Waals surface area contributed by atoms with Crippen LogP contribution in [-0.2, 0) is 21.4 Å². The molecule has 8 aliphatic rings. The summed E-state index contributed by atoms with van der Waals surface area (Å²) in [5, 5.41) is 68.9. The van der Waals surface area contributed by atoms with Crippen LogP contribution in [0.5, 0.6) is 0 Å². The van der Waals surface area contributed by atoms with Gasteiger partial charge in [-0.3, -0.25) is 0 Å². The van der Waals surface area contributed by atoms with Crippen molar-refractivity contribution in [2.24, 2.45) is 61.6 Å². The molecule has 0 bridgehead atoms. The van der Waals surface area contributed by atoms with Crippen molar-refractivity contribution in [1.82, 2.24) is 5.16 Å². The number of allylic oxidation sites excluding steroid dienone is 6. The molecule has 0 saturated heterocycles. The maximum atomic E-state index is 12.2. The van der Waals surface area contributed by atoms with Gasteiger partial charge in [-0.05, 0) is 135 Å². The van der Waals surface area contributed by atoms with Gasteiger partial charge in [-0.15, -0.1) is 0 Å². The van der Waals surface area contributed by atoms with Gasteiger partial charge in [0.1, 0.15) is 11.5 Å². The van der Waals surface area contributed by atoms with Gasteiger partial charge in [0.2, 0.25) is 17.1 Å². The van der Waals surface area contributed by atoms with Gasteiger partial charge in [0.25, 0.3) is 0 Å². The van der Waals surface area contributed by atoms with Gasteiger partial charge >= 0.3 is 29.6 Å². The third-order valence-corrected chi connectivity index (χ3v) is 18.9. The molecule has 8 aliphatic carbocycles. The van der Waals surface area contributed by atoms with Crippen molar-refractivity contribution in [3.05, 3.63) is 86.8 Å². The second-order valence-corrected chi connectivity index (χ2v) is 25.5. The molecule has 0 aliphatic heterocycles. The number of ketones is 2. The number of carbonyl (C=O) groups excluding carboxylic acids is 2. The average Bonchev–Trinajstić information content (AvgIpc) is 3.81. The van der Waals surface area contributed by atoms with Crippen LogP contribution in [0.1, 0.15) is 188 Å². The summed E-state index contributed by atoms with van der Waals surface area (Å²) in [5.41, 5.74) is 0.687. The minimum absolute atomic E-state index is 0. The first-order valence-electron chi connectivity index (χ1n) is 27.0. The Labute approximate surface area is 469 Å². The Morgan fingerprint density at radius 3 is 1.31 bits per heavy atom. The van der Waals surface area contributed by atoms with Crippen LogP contribution in [0.25, 0.3) is 14.5 Å². The van der Waals surface area contributed by atoms with E-state index in [-0.39, 0.29) is 134 Å². The number of nitrogens with zero attached hydrogens (tertiary/aromatic N) is 4. The minimum Gasteiger partial charge on any atom is -0.857 e. The van der Waals surface area contributed by atoms with Gasteiger partial charge in [0.15, 0.2) is 11.6 Å². The van der Waals surface area contributed by atoms with Crippen molar-refractivity contribution in [3.8, 4) is 0 Å². The Morgan fingerprint density at radius 1 is 0.581 bits per heavy atom. The smallest absolute Gasteiger partial charge is 0.857 e. The summed E-state index contributed by atoms with van der Waals surface area (Å²) in [5.74, 6) is 2.66. The van der Waals surface area contributed by atoms with Gasteiger partial charge in [-0.2, -0.15) is 7.11 Å². The largest absolute Gasteiger partial charge is 1.00 e. The summed E-state index contributed by atoms with van der Waals surface area (Å²) in [6.45, 7) is 46.4. The predicted octanol–water partition coefficient (Wildman–Crippen LogP) is 7.55. The molecule has 1 aromatic heterocycles. The maximum Gasteiger partial charge on any atom is 1.00 e. The summed E-state index contributed by atoms with van der Waals surface area (Å²) in [6.07, 6.45) is 16.1. The van der Waals surface area contributed by atoms with Gasteiger partial charge < -0.3 is 49.9 Å². The number of Topliss-reactive ketones (excluding diaryl/α,β-unsaturated/α-hetero) is 2. The van der Waals surface area contributed by atoms with Crippen LogP contribution in [0.2, 0.25) is 0 Å². The van der Waals surface area contributed by atoms with E-state index >= 15 is 0 Å². The topological polar surface area (TPSA) is 218 Å². The molecule has 410 valence electrons. The molecule has 0 spiro atoms. The SMILES string of the molecule is C.CC1(C)c2oncc2C[C@]2(C)CC(O)CC[C@@H]12.CO.C[O-].[2H][2H].[C-]#[N+]C1=C(O)C(C)(C)[C@@H]2CCC(O)C[C@@]2(C)C1.[C-]#[N+]C1=C[C@]2(C)C[C@@H](O)CC[C@H]2C(C)(C)C1=O.[C-]#[N+]C1=C[C@]2(C)C[C@H](O)CC[C@H]2C(C)(C)C1=O.[Na+]. The molecule has 0 aromatic carbocycles. The fraction of sp³-hybridized carbons (Fsp3) is 0.763.